The molecule has 1 aliphatic heterocycles. The smallest absolute Gasteiger partial charge is 0.111 e. The molecule has 3 heteroatoms. The summed E-state index contributed by atoms with van der Waals surface area (Å²) in [4.78, 5) is 2.37. The molecule has 0 aromatic carbocycles. The van der Waals surface area contributed by atoms with Crippen LogP contribution in [-0.4, -0.2) is 36.6 Å². The number of nitriles is 1. The Morgan fingerprint density at radius 1 is 1.40 bits per heavy atom. The lowest BCUT2D eigenvalue weighted by atomic mass is 9.83. The van der Waals surface area contributed by atoms with Crippen molar-refractivity contribution in [2.45, 2.75) is 39.2 Å². The Bertz CT molecular complexity index is 224. The lowest BCUT2D eigenvalue weighted by Crippen LogP contribution is -2.52. The minimum absolute atomic E-state index is 0.258. The fraction of sp³-hybridized carbons (Fsp3) is 0.917. The summed E-state index contributed by atoms with van der Waals surface area (Å²) in [6, 6.07) is 2.56. The maximum atomic E-state index is 9.48. The maximum Gasteiger partial charge on any atom is 0.111 e. The Kier molecular flexibility index (Phi) is 4.56. The van der Waals surface area contributed by atoms with Crippen LogP contribution in [0.4, 0.5) is 0 Å². The number of rotatable bonds is 3. The molecule has 15 heavy (non-hydrogen) atoms. The summed E-state index contributed by atoms with van der Waals surface area (Å²) in [5.74, 6) is 0.394. The highest BCUT2D eigenvalue weighted by Crippen LogP contribution is 2.28. The van der Waals surface area contributed by atoms with Crippen LogP contribution in [0.5, 0.6) is 0 Å². The van der Waals surface area contributed by atoms with Gasteiger partial charge in [0.25, 0.3) is 0 Å². The number of nitrogens with one attached hydrogen (secondary N) is 1. The molecule has 1 aliphatic rings. The first-order valence-corrected chi connectivity index (χ1v) is 6.04. The minimum Gasteiger partial charge on any atom is -0.315 e. The zero-order chi connectivity index (χ0) is 11.3. The van der Waals surface area contributed by atoms with E-state index in [4.69, 9.17) is 0 Å². The molecule has 1 saturated heterocycles. The number of hydrogen-bond donors (Lipinski definition) is 1. The van der Waals surface area contributed by atoms with E-state index in [0.29, 0.717) is 5.92 Å². The van der Waals surface area contributed by atoms with Crippen molar-refractivity contribution >= 4 is 0 Å². The summed E-state index contributed by atoms with van der Waals surface area (Å²) >= 11 is 0. The highest BCUT2D eigenvalue weighted by molar-refractivity contribution is 5.10. The third kappa shape index (κ3) is 2.50. The van der Waals surface area contributed by atoms with Crippen LogP contribution in [0.1, 0.15) is 33.6 Å². The Labute approximate surface area is 93.5 Å². The maximum absolute atomic E-state index is 9.48. The summed E-state index contributed by atoms with van der Waals surface area (Å²) in [7, 11) is 0. The van der Waals surface area contributed by atoms with Crippen LogP contribution in [0.25, 0.3) is 0 Å². The molecule has 1 atom stereocenters. The monoisotopic (exact) mass is 209 g/mol. The van der Waals surface area contributed by atoms with Gasteiger partial charge in [-0.15, -0.1) is 0 Å². The summed E-state index contributed by atoms with van der Waals surface area (Å²) in [6.07, 6.45) is 2.07. The van der Waals surface area contributed by atoms with Gasteiger partial charge in [-0.25, -0.2) is 0 Å². The van der Waals surface area contributed by atoms with Crippen LogP contribution >= 0.6 is 0 Å². The molecule has 1 fully saturated rings. The van der Waals surface area contributed by atoms with Gasteiger partial charge in [-0.3, -0.25) is 4.90 Å². The first-order chi connectivity index (χ1) is 7.17. The van der Waals surface area contributed by atoms with E-state index in [1.807, 2.05) is 0 Å². The van der Waals surface area contributed by atoms with E-state index in [9.17, 15) is 5.26 Å². The van der Waals surface area contributed by atoms with E-state index in [-0.39, 0.29) is 5.54 Å². The molecule has 86 valence electrons. The summed E-state index contributed by atoms with van der Waals surface area (Å²) in [5, 5.41) is 12.9. The molecule has 0 aliphatic carbocycles. The molecule has 0 spiro atoms. The minimum atomic E-state index is -0.258. The molecular weight excluding hydrogens is 186 g/mol. The van der Waals surface area contributed by atoms with E-state index in [2.05, 4.69) is 37.1 Å². The molecule has 1 heterocycles. The number of nitrogens with zero attached hydrogens (tertiary/aromatic N) is 2. The van der Waals surface area contributed by atoms with Crippen LogP contribution in [-0.2, 0) is 0 Å². The Hall–Kier alpha value is -0.590. The lowest BCUT2D eigenvalue weighted by molar-refractivity contribution is 0.0962. The second kappa shape index (κ2) is 5.48. The quantitative estimate of drug-likeness (QED) is 0.767. The zero-order valence-corrected chi connectivity index (χ0v) is 10.2. The first-order valence-electron chi connectivity index (χ1n) is 6.04. The fourth-order valence-electron chi connectivity index (χ4n) is 2.52. The topological polar surface area (TPSA) is 39.1 Å². The van der Waals surface area contributed by atoms with E-state index in [0.717, 1.165) is 39.0 Å². The standard InChI is InChI=1S/C12H23N3/c1-4-12(10-13,11(2)3)15-8-5-6-14-7-9-15/h11,14H,4-9H2,1-3H3. The SMILES string of the molecule is CCC(C#N)(C(C)C)N1CCCNCC1. The third-order valence-corrected chi connectivity index (χ3v) is 3.59. The first kappa shape index (κ1) is 12.5. The molecule has 0 radical (unpaired) electrons. The van der Waals surface area contributed by atoms with Crippen LogP contribution < -0.4 is 5.32 Å². The average molecular weight is 209 g/mol. The van der Waals surface area contributed by atoms with Gasteiger partial charge in [0.1, 0.15) is 5.54 Å². The van der Waals surface area contributed by atoms with Crippen LogP contribution in [0.2, 0.25) is 0 Å². The van der Waals surface area contributed by atoms with Crippen molar-refractivity contribution in [1.82, 2.24) is 10.2 Å². The predicted octanol–water partition coefficient (Wildman–Crippen LogP) is 1.61. The highest BCUT2D eigenvalue weighted by Gasteiger charge is 2.38. The molecule has 0 bridgehead atoms. The average Bonchev–Trinajstić information content (AvgIpc) is 2.49. The molecule has 0 aromatic heterocycles. The molecule has 1 rings (SSSR count). The Morgan fingerprint density at radius 3 is 2.67 bits per heavy atom. The van der Waals surface area contributed by atoms with Gasteiger partial charge >= 0.3 is 0 Å². The molecule has 3 nitrogen and oxygen atoms in total. The van der Waals surface area contributed by atoms with Gasteiger partial charge in [-0.2, -0.15) is 5.26 Å². The highest BCUT2D eigenvalue weighted by atomic mass is 15.2. The predicted molar refractivity (Wildman–Crippen MR) is 62.5 cm³/mol. The van der Waals surface area contributed by atoms with Crippen LogP contribution in [0.15, 0.2) is 0 Å². The second-order valence-electron chi connectivity index (χ2n) is 4.63. The second-order valence-corrected chi connectivity index (χ2v) is 4.63. The normalized spacial score (nSPS) is 23.1. The van der Waals surface area contributed by atoms with Crippen molar-refractivity contribution in [3.63, 3.8) is 0 Å². The van der Waals surface area contributed by atoms with Crippen molar-refractivity contribution in [2.24, 2.45) is 5.92 Å². The summed E-state index contributed by atoms with van der Waals surface area (Å²) in [6.45, 7) is 10.6. The largest absolute Gasteiger partial charge is 0.315 e. The molecule has 0 aromatic rings. The van der Waals surface area contributed by atoms with Crippen LogP contribution in [0.3, 0.4) is 0 Å². The van der Waals surface area contributed by atoms with Gasteiger partial charge in [-0.1, -0.05) is 20.8 Å². The van der Waals surface area contributed by atoms with Gasteiger partial charge < -0.3 is 5.32 Å². The Balaban J connectivity index is 2.82. The molecule has 0 saturated carbocycles. The van der Waals surface area contributed by atoms with Gasteiger partial charge in [0.15, 0.2) is 0 Å². The molecule has 0 amide bonds. The third-order valence-electron chi connectivity index (χ3n) is 3.59. The number of hydrogen-bond acceptors (Lipinski definition) is 3. The van der Waals surface area contributed by atoms with Crippen molar-refractivity contribution in [3.8, 4) is 6.07 Å². The van der Waals surface area contributed by atoms with Crippen LogP contribution in [0, 0.1) is 17.2 Å². The Morgan fingerprint density at radius 2 is 2.13 bits per heavy atom. The van der Waals surface area contributed by atoms with E-state index in [1.54, 1.807) is 0 Å². The molecule has 1 unspecified atom stereocenters. The lowest BCUT2D eigenvalue weighted by Gasteiger charge is -2.40. The van der Waals surface area contributed by atoms with E-state index < -0.39 is 0 Å². The summed E-state index contributed by atoms with van der Waals surface area (Å²) in [5.41, 5.74) is -0.258. The van der Waals surface area contributed by atoms with Gasteiger partial charge in [-0.05, 0) is 25.3 Å². The fourth-order valence-corrected chi connectivity index (χ4v) is 2.52. The van der Waals surface area contributed by atoms with E-state index >= 15 is 0 Å². The van der Waals surface area contributed by atoms with E-state index in [1.165, 1.54) is 0 Å². The van der Waals surface area contributed by atoms with Crippen molar-refractivity contribution in [3.05, 3.63) is 0 Å². The molecule has 1 N–H and O–H groups in total. The van der Waals surface area contributed by atoms with Gasteiger partial charge in [0, 0.05) is 19.6 Å². The van der Waals surface area contributed by atoms with Crippen molar-refractivity contribution in [2.75, 3.05) is 26.2 Å². The van der Waals surface area contributed by atoms with Gasteiger partial charge in [0.05, 0.1) is 6.07 Å². The van der Waals surface area contributed by atoms with Gasteiger partial charge in [0.2, 0.25) is 0 Å². The van der Waals surface area contributed by atoms with Crippen molar-refractivity contribution < 1.29 is 0 Å². The molecular formula is C12H23N3. The van der Waals surface area contributed by atoms with Crippen molar-refractivity contribution in [1.29, 1.82) is 5.26 Å². The zero-order valence-electron chi connectivity index (χ0n) is 10.2. The summed E-state index contributed by atoms with van der Waals surface area (Å²) < 4.78 is 0.